The Kier molecular flexibility index (Phi) is 5.86. The number of hydrogen-bond donors (Lipinski definition) is 1. The van der Waals surface area contributed by atoms with Crippen molar-refractivity contribution in [2.45, 2.75) is 25.8 Å². The van der Waals surface area contributed by atoms with Gasteiger partial charge in [-0.2, -0.15) is 0 Å². The van der Waals surface area contributed by atoms with Gasteiger partial charge in [-0.1, -0.05) is 30.3 Å². The number of nitrogens with one attached hydrogen (secondary N) is 1. The van der Waals surface area contributed by atoms with Crippen molar-refractivity contribution in [3.63, 3.8) is 0 Å². The molecule has 0 aromatic heterocycles. The van der Waals surface area contributed by atoms with Crippen LogP contribution in [0.3, 0.4) is 0 Å². The van der Waals surface area contributed by atoms with Gasteiger partial charge in [0.15, 0.2) is 12.4 Å². The molecule has 6 nitrogen and oxygen atoms in total. The first kappa shape index (κ1) is 18.6. The molecule has 2 aromatic rings. The molecule has 1 saturated heterocycles. The molecule has 0 aliphatic carbocycles. The first-order valence-electron chi connectivity index (χ1n) is 8.94. The number of carbonyl (C=O) groups excluding carboxylic acids is 3. The summed E-state index contributed by atoms with van der Waals surface area (Å²) in [6.07, 6.45) is 1.42. The number of carbonyl (C=O) groups is 3. The van der Waals surface area contributed by atoms with Crippen molar-refractivity contribution in [2.75, 3.05) is 18.1 Å². The largest absolute Gasteiger partial charge is 0.484 e. The molecule has 2 amide bonds. The van der Waals surface area contributed by atoms with E-state index in [-0.39, 0.29) is 24.2 Å². The predicted octanol–water partition coefficient (Wildman–Crippen LogP) is 2.58. The van der Waals surface area contributed by atoms with Crippen LogP contribution < -0.4 is 15.0 Å². The number of nitrogens with zero attached hydrogens (tertiary/aromatic N) is 1. The van der Waals surface area contributed by atoms with E-state index in [0.717, 1.165) is 12.1 Å². The Morgan fingerprint density at radius 1 is 1.15 bits per heavy atom. The summed E-state index contributed by atoms with van der Waals surface area (Å²) < 4.78 is 5.46. The van der Waals surface area contributed by atoms with Crippen molar-refractivity contribution in [3.05, 3.63) is 60.2 Å². The van der Waals surface area contributed by atoms with Crippen LogP contribution >= 0.6 is 0 Å². The van der Waals surface area contributed by atoms with Crippen LogP contribution in [-0.4, -0.2) is 36.8 Å². The molecule has 0 saturated carbocycles. The highest BCUT2D eigenvalue weighted by Gasteiger charge is 2.30. The van der Waals surface area contributed by atoms with Crippen molar-refractivity contribution < 1.29 is 19.1 Å². The first-order chi connectivity index (χ1) is 13.0. The molecule has 0 spiro atoms. The number of ketones is 1. The van der Waals surface area contributed by atoms with E-state index in [9.17, 15) is 14.4 Å². The number of hydrogen-bond acceptors (Lipinski definition) is 4. The molecule has 1 N–H and O–H groups in total. The average Bonchev–Trinajstić information content (AvgIpc) is 2.69. The number of benzene rings is 2. The van der Waals surface area contributed by atoms with Gasteiger partial charge in [0.05, 0.1) is 0 Å². The number of rotatable bonds is 6. The maximum Gasteiger partial charge on any atom is 0.258 e. The molecule has 1 unspecified atom stereocenters. The minimum Gasteiger partial charge on any atom is -0.484 e. The Balaban J connectivity index is 1.56. The molecule has 0 radical (unpaired) electrons. The monoisotopic (exact) mass is 366 g/mol. The zero-order valence-corrected chi connectivity index (χ0v) is 15.2. The van der Waals surface area contributed by atoms with Crippen molar-refractivity contribution in [1.29, 1.82) is 0 Å². The van der Waals surface area contributed by atoms with E-state index in [1.165, 1.54) is 6.92 Å². The second-order valence-electron chi connectivity index (χ2n) is 6.46. The summed E-state index contributed by atoms with van der Waals surface area (Å²) in [6, 6.07) is 15.5. The van der Waals surface area contributed by atoms with Crippen LogP contribution in [0.2, 0.25) is 0 Å². The molecule has 1 atom stereocenters. The summed E-state index contributed by atoms with van der Waals surface area (Å²) in [5.74, 6) is -0.103. The second kappa shape index (κ2) is 8.49. The van der Waals surface area contributed by atoms with Crippen LogP contribution in [0.25, 0.3) is 0 Å². The van der Waals surface area contributed by atoms with E-state index >= 15 is 0 Å². The van der Waals surface area contributed by atoms with Crippen molar-refractivity contribution >= 4 is 23.3 Å². The number of para-hydroxylation sites is 1. The highest BCUT2D eigenvalue weighted by Crippen LogP contribution is 2.20. The fraction of sp³-hybridized carbons (Fsp3) is 0.286. The van der Waals surface area contributed by atoms with E-state index in [4.69, 9.17) is 4.74 Å². The topological polar surface area (TPSA) is 75.7 Å². The molecule has 140 valence electrons. The molecule has 2 aromatic carbocycles. The molecule has 0 bridgehead atoms. The van der Waals surface area contributed by atoms with Gasteiger partial charge in [-0.3, -0.25) is 14.4 Å². The zero-order valence-electron chi connectivity index (χ0n) is 15.2. The van der Waals surface area contributed by atoms with Gasteiger partial charge in [-0.15, -0.1) is 0 Å². The first-order valence-corrected chi connectivity index (χ1v) is 8.94. The van der Waals surface area contributed by atoms with E-state index < -0.39 is 6.04 Å². The molecule has 1 aliphatic rings. The third kappa shape index (κ3) is 4.73. The van der Waals surface area contributed by atoms with Crippen molar-refractivity contribution in [3.8, 4) is 5.75 Å². The molecule has 1 aliphatic heterocycles. The van der Waals surface area contributed by atoms with Gasteiger partial charge in [-0.25, -0.2) is 0 Å². The van der Waals surface area contributed by atoms with Crippen molar-refractivity contribution in [2.24, 2.45) is 0 Å². The van der Waals surface area contributed by atoms with Gasteiger partial charge < -0.3 is 15.0 Å². The summed E-state index contributed by atoms with van der Waals surface area (Å²) >= 11 is 0. The fourth-order valence-electron chi connectivity index (χ4n) is 3.06. The van der Waals surface area contributed by atoms with Crippen LogP contribution in [0.4, 0.5) is 5.69 Å². The lowest BCUT2D eigenvalue weighted by molar-refractivity contribution is -0.129. The lowest BCUT2D eigenvalue weighted by atomic mass is 10.0. The van der Waals surface area contributed by atoms with Crippen LogP contribution in [0.1, 0.15) is 30.1 Å². The predicted molar refractivity (Wildman–Crippen MR) is 102 cm³/mol. The SMILES string of the molecule is CC(=O)c1cccc(OCC(=O)NC2CCCN(c3ccccc3)C2=O)c1. The molecule has 1 fully saturated rings. The van der Waals surface area contributed by atoms with E-state index in [1.54, 1.807) is 29.2 Å². The van der Waals surface area contributed by atoms with Crippen LogP contribution in [0.5, 0.6) is 5.75 Å². The Bertz CT molecular complexity index is 835. The normalized spacial score (nSPS) is 16.7. The van der Waals surface area contributed by atoms with Crippen LogP contribution in [0, 0.1) is 0 Å². The summed E-state index contributed by atoms with van der Waals surface area (Å²) in [5.41, 5.74) is 1.35. The quantitative estimate of drug-likeness (QED) is 0.798. The minimum atomic E-state index is -0.557. The van der Waals surface area contributed by atoms with E-state index in [0.29, 0.717) is 24.3 Å². The highest BCUT2D eigenvalue weighted by molar-refractivity contribution is 6.00. The Labute approximate surface area is 158 Å². The summed E-state index contributed by atoms with van der Waals surface area (Å²) in [6.45, 7) is 1.90. The molecule has 27 heavy (non-hydrogen) atoms. The Morgan fingerprint density at radius 2 is 1.93 bits per heavy atom. The molecule has 3 rings (SSSR count). The lowest BCUT2D eigenvalue weighted by Crippen LogP contribution is -2.53. The average molecular weight is 366 g/mol. The third-order valence-corrected chi connectivity index (χ3v) is 4.45. The lowest BCUT2D eigenvalue weighted by Gasteiger charge is -2.32. The van der Waals surface area contributed by atoms with Gasteiger partial charge >= 0.3 is 0 Å². The van der Waals surface area contributed by atoms with E-state index in [2.05, 4.69) is 5.32 Å². The van der Waals surface area contributed by atoms with Gasteiger partial charge in [0.25, 0.3) is 5.91 Å². The maximum atomic E-state index is 12.7. The number of Topliss-reactive ketones (excluding diaryl/α,β-unsaturated/α-hetero) is 1. The Hall–Kier alpha value is -3.15. The summed E-state index contributed by atoms with van der Waals surface area (Å²) in [4.78, 5) is 38.0. The summed E-state index contributed by atoms with van der Waals surface area (Å²) in [7, 11) is 0. The second-order valence-corrected chi connectivity index (χ2v) is 6.46. The van der Waals surface area contributed by atoms with Crippen LogP contribution in [-0.2, 0) is 9.59 Å². The third-order valence-electron chi connectivity index (χ3n) is 4.45. The van der Waals surface area contributed by atoms with E-state index in [1.807, 2.05) is 30.3 Å². The number of anilines is 1. The summed E-state index contributed by atoms with van der Waals surface area (Å²) in [5, 5.41) is 2.75. The molecule has 6 heteroatoms. The van der Waals surface area contributed by atoms with Crippen molar-refractivity contribution in [1.82, 2.24) is 5.32 Å². The van der Waals surface area contributed by atoms with Gasteiger partial charge in [0.2, 0.25) is 5.91 Å². The Morgan fingerprint density at radius 3 is 2.67 bits per heavy atom. The number of amides is 2. The maximum absolute atomic E-state index is 12.7. The minimum absolute atomic E-state index is 0.0706. The van der Waals surface area contributed by atoms with Gasteiger partial charge in [0, 0.05) is 17.8 Å². The zero-order chi connectivity index (χ0) is 19.2. The van der Waals surface area contributed by atoms with Gasteiger partial charge in [-0.05, 0) is 44.0 Å². The molecular formula is C21H22N2O4. The number of piperidine rings is 1. The number of ether oxygens (including phenoxy) is 1. The highest BCUT2D eigenvalue weighted by atomic mass is 16.5. The smallest absolute Gasteiger partial charge is 0.258 e. The van der Waals surface area contributed by atoms with Crippen LogP contribution in [0.15, 0.2) is 54.6 Å². The molecular weight excluding hydrogens is 344 g/mol. The standard InChI is InChI=1S/C21H22N2O4/c1-15(24)16-7-5-10-18(13-16)27-14-20(25)22-19-11-6-12-23(21(19)26)17-8-3-2-4-9-17/h2-5,7-10,13,19H,6,11-12,14H2,1H3,(H,22,25). The fourth-order valence-corrected chi connectivity index (χ4v) is 3.06. The molecule has 1 heterocycles. The van der Waals surface area contributed by atoms with Gasteiger partial charge in [0.1, 0.15) is 11.8 Å².